The van der Waals surface area contributed by atoms with E-state index in [1.54, 1.807) is 23.1 Å². The van der Waals surface area contributed by atoms with Crippen LogP contribution in [0.5, 0.6) is 0 Å². The van der Waals surface area contributed by atoms with Crippen LogP contribution in [0.3, 0.4) is 0 Å². The Hall–Kier alpha value is -2.68. The minimum absolute atomic E-state index is 0.112. The summed E-state index contributed by atoms with van der Waals surface area (Å²) in [7, 11) is 0. The molecule has 32 heavy (non-hydrogen) atoms. The number of furan rings is 1. The molecule has 2 aromatic carbocycles. The fourth-order valence-electron chi connectivity index (χ4n) is 4.14. The van der Waals surface area contributed by atoms with Gasteiger partial charge < -0.3 is 14.6 Å². The normalized spacial score (nSPS) is 14.6. The molecule has 0 radical (unpaired) electrons. The van der Waals surface area contributed by atoms with Crippen molar-refractivity contribution in [1.29, 1.82) is 0 Å². The monoisotopic (exact) mass is 546 g/mol. The Bertz CT molecular complexity index is 1210. The molecule has 0 unspecified atom stereocenters. The molecule has 3 aromatic rings. The van der Waals surface area contributed by atoms with Gasteiger partial charge in [-0.15, -0.1) is 0 Å². The molecule has 4 rings (SSSR count). The van der Waals surface area contributed by atoms with Crippen LogP contribution < -0.4 is 10.2 Å². The zero-order valence-electron chi connectivity index (χ0n) is 18.4. The van der Waals surface area contributed by atoms with Crippen LogP contribution in [-0.2, 0) is 23.3 Å². The third-order valence-corrected chi connectivity index (χ3v) is 6.77. The lowest BCUT2D eigenvalue weighted by molar-refractivity contribution is -0.122. The molecule has 0 spiro atoms. The molecule has 1 aliphatic heterocycles. The van der Waals surface area contributed by atoms with Gasteiger partial charge in [-0.3, -0.25) is 9.59 Å². The smallest absolute Gasteiger partial charge is 0.251 e. The summed E-state index contributed by atoms with van der Waals surface area (Å²) in [5.74, 6) is 0.720. The molecular formula is C25H24FIN2O3. The maximum absolute atomic E-state index is 14.5. The van der Waals surface area contributed by atoms with Gasteiger partial charge in [-0.05, 0) is 86.2 Å². The highest BCUT2D eigenvalue weighted by molar-refractivity contribution is 14.1. The van der Waals surface area contributed by atoms with E-state index < -0.39 is 5.41 Å². The Morgan fingerprint density at radius 1 is 1.19 bits per heavy atom. The topological polar surface area (TPSA) is 62.6 Å². The molecule has 7 heteroatoms. The number of fused-ring (bicyclic) bond motifs is 1. The Morgan fingerprint density at radius 3 is 2.59 bits per heavy atom. The zero-order valence-corrected chi connectivity index (χ0v) is 20.5. The predicted molar refractivity (Wildman–Crippen MR) is 129 cm³/mol. The van der Waals surface area contributed by atoms with Gasteiger partial charge in [0.1, 0.15) is 17.3 Å². The highest BCUT2D eigenvalue weighted by Crippen LogP contribution is 2.45. The van der Waals surface area contributed by atoms with E-state index in [4.69, 9.17) is 4.42 Å². The Kier molecular flexibility index (Phi) is 5.87. The molecule has 1 aromatic heterocycles. The standard InChI is InChI=1S/C25H24FIN2O3/c1-14-6-5-7-19(26)18(14)13-29-21-11-16(10-20(27)22(21)25(3,4)24(29)31)23(30)28-12-17-9-8-15(2)32-17/h5-11H,12-13H2,1-4H3,(H,28,30). The van der Waals surface area contributed by atoms with Gasteiger partial charge in [-0.1, -0.05) is 12.1 Å². The molecule has 0 atom stereocenters. The number of carbonyl (C=O) groups excluding carboxylic acids is 2. The van der Waals surface area contributed by atoms with Gasteiger partial charge in [-0.25, -0.2) is 4.39 Å². The first-order valence-electron chi connectivity index (χ1n) is 10.3. The molecule has 2 heterocycles. The molecule has 5 nitrogen and oxygen atoms in total. The Labute approximate surface area is 200 Å². The number of carbonyl (C=O) groups is 2. The van der Waals surface area contributed by atoms with Crippen LogP contribution in [0.1, 0.15) is 52.4 Å². The number of anilines is 1. The zero-order chi connectivity index (χ0) is 23.2. The second-order valence-electron chi connectivity index (χ2n) is 8.60. The van der Waals surface area contributed by atoms with Crippen LogP contribution in [-0.4, -0.2) is 11.8 Å². The van der Waals surface area contributed by atoms with Crippen LogP contribution in [0, 0.1) is 23.2 Å². The van der Waals surface area contributed by atoms with E-state index in [0.717, 1.165) is 20.5 Å². The molecule has 0 saturated heterocycles. The molecule has 0 aliphatic carbocycles. The quantitative estimate of drug-likeness (QED) is 0.437. The van der Waals surface area contributed by atoms with Gasteiger partial charge in [0.05, 0.1) is 24.2 Å². The van der Waals surface area contributed by atoms with E-state index in [0.29, 0.717) is 22.6 Å². The Morgan fingerprint density at radius 2 is 1.94 bits per heavy atom. The van der Waals surface area contributed by atoms with Crippen LogP contribution >= 0.6 is 22.6 Å². The average molecular weight is 546 g/mol. The summed E-state index contributed by atoms with van der Waals surface area (Å²) in [6.07, 6.45) is 0. The highest BCUT2D eigenvalue weighted by atomic mass is 127. The van der Waals surface area contributed by atoms with Gasteiger partial charge in [-0.2, -0.15) is 0 Å². The lowest BCUT2D eigenvalue weighted by atomic mass is 9.86. The molecule has 2 amide bonds. The van der Waals surface area contributed by atoms with E-state index in [2.05, 4.69) is 27.9 Å². The summed E-state index contributed by atoms with van der Waals surface area (Å²) in [5.41, 5.74) is 2.43. The van der Waals surface area contributed by atoms with Crippen LogP contribution in [0.25, 0.3) is 0 Å². The van der Waals surface area contributed by atoms with Crippen LogP contribution in [0.2, 0.25) is 0 Å². The van der Waals surface area contributed by atoms with Crippen molar-refractivity contribution < 1.29 is 18.4 Å². The van der Waals surface area contributed by atoms with E-state index >= 15 is 0 Å². The van der Waals surface area contributed by atoms with E-state index in [-0.39, 0.29) is 30.7 Å². The third kappa shape index (κ3) is 3.94. The summed E-state index contributed by atoms with van der Waals surface area (Å²) < 4.78 is 20.9. The Balaban J connectivity index is 1.69. The van der Waals surface area contributed by atoms with Gasteiger partial charge in [0.2, 0.25) is 5.91 Å². The van der Waals surface area contributed by atoms with E-state index in [1.165, 1.54) is 6.07 Å². The number of amides is 2. The molecule has 0 saturated carbocycles. The second-order valence-corrected chi connectivity index (χ2v) is 9.76. The third-order valence-electron chi connectivity index (χ3n) is 5.92. The molecule has 1 N–H and O–H groups in total. The number of nitrogens with one attached hydrogen (secondary N) is 1. The van der Waals surface area contributed by atoms with Crippen molar-refractivity contribution in [2.75, 3.05) is 4.90 Å². The van der Waals surface area contributed by atoms with Crippen molar-refractivity contribution in [1.82, 2.24) is 5.32 Å². The van der Waals surface area contributed by atoms with Crippen molar-refractivity contribution in [3.63, 3.8) is 0 Å². The summed E-state index contributed by atoms with van der Waals surface area (Å²) in [6, 6.07) is 12.1. The van der Waals surface area contributed by atoms with Crippen LogP contribution in [0.15, 0.2) is 46.9 Å². The van der Waals surface area contributed by atoms with Gasteiger partial charge in [0.15, 0.2) is 0 Å². The number of aryl methyl sites for hydroxylation is 2. The van der Waals surface area contributed by atoms with Crippen molar-refractivity contribution in [3.05, 3.63) is 85.6 Å². The highest BCUT2D eigenvalue weighted by Gasteiger charge is 2.46. The number of hydrogen-bond acceptors (Lipinski definition) is 3. The number of rotatable bonds is 5. The number of benzene rings is 2. The van der Waals surface area contributed by atoms with Crippen molar-refractivity contribution >= 4 is 40.1 Å². The molecule has 166 valence electrons. The summed E-state index contributed by atoms with van der Waals surface area (Å²) in [5, 5.41) is 2.86. The molecule has 0 fully saturated rings. The number of hydrogen-bond donors (Lipinski definition) is 1. The summed E-state index contributed by atoms with van der Waals surface area (Å²) in [6.45, 7) is 7.78. The first kappa shape index (κ1) is 22.5. The summed E-state index contributed by atoms with van der Waals surface area (Å²) in [4.78, 5) is 27.8. The number of nitrogens with zero attached hydrogens (tertiary/aromatic N) is 1. The first-order chi connectivity index (χ1) is 15.1. The predicted octanol–water partition coefficient (Wildman–Crippen LogP) is 5.39. The van der Waals surface area contributed by atoms with Gasteiger partial charge >= 0.3 is 0 Å². The van der Waals surface area contributed by atoms with E-state index in [1.807, 2.05) is 45.9 Å². The maximum Gasteiger partial charge on any atom is 0.251 e. The SMILES string of the molecule is Cc1ccc(CNC(=O)c2cc(I)c3c(c2)N(Cc2c(C)cccc2F)C(=O)C3(C)C)o1. The van der Waals surface area contributed by atoms with E-state index in [9.17, 15) is 14.0 Å². The van der Waals surface area contributed by atoms with Crippen molar-refractivity contribution in [2.45, 2.75) is 46.2 Å². The second kappa shape index (κ2) is 8.35. The average Bonchev–Trinajstić information content (AvgIpc) is 3.23. The lowest BCUT2D eigenvalue weighted by Crippen LogP contribution is -2.36. The largest absolute Gasteiger partial charge is 0.465 e. The minimum Gasteiger partial charge on any atom is -0.465 e. The van der Waals surface area contributed by atoms with Crippen LogP contribution in [0.4, 0.5) is 10.1 Å². The molecule has 1 aliphatic rings. The van der Waals surface area contributed by atoms with Crippen molar-refractivity contribution in [3.8, 4) is 0 Å². The lowest BCUT2D eigenvalue weighted by Gasteiger charge is -2.21. The molecular weight excluding hydrogens is 522 g/mol. The minimum atomic E-state index is -0.772. The fraction of sp³-hybridized carbons (Fsp3) is 0.280. The summed E-state index contributed by atoms with van der Waals surface area (Å²) >= 11 is 2.17. The first-order valence-corrected chi connectivity index (χ1v) is 11.4. The van der Waals surface area contributed by atoms with Crippen molar-refractivity contribution in [2.24, 2.45) is 0 Å². The fourth-order valence-corrected chi connectivity index (χ4v) is 5.43. The number of halogens is 2. The maximum atomic E-state index is 14.5. The molecule has 0 bridgehead atoms. The van der Waals surface area contributed by atoms with Gasteiger partial charge in [0, 0.05) is 20.3 Å². The van der Waals surface area contributed by atoms with Gasteiger partial charge in [0.25, 0.3) is 5.91 Å².